The van der Waals surface area contributed by atoms with Crippen LogP contribution in [0.5, 0.6) is 0 Å². The third-order valence-electron chi connectivity index (χ3n) is 5.28. The van der Waals surface area contributed by atoms with Crippen LogP contribution in [0.4, 0.5) is 32.0 Å². The van der Waals surface area contributed by atoms with E-state index in [1.54, 1.807) is 0 Å². The lowest BCUT2D eigenvalue weighted by Gasteiger charge is -2.24. The molecule has 0 heterocycles. The Hall–Kier alpha value is -4.30. The van der Waals surface area contributed by atoms with E-state index in [4.69, 9.17) is 32.7 Å². The van der Waals surface area contributed by atoms with Crippen LogP contribution in [-0.2, 0) is 31.4 Å². The number of carbonyl (C=O) groups is 4. The zero-order chi connectivity index (χ0) is 31.4. The second-order valence-electron chi connectivity index (χ2n) is 8.26. The molecule has 0 spiro atoms. The van der Waals surface area contributed by atoms with Gasteiger partial charge in [-0.05, 0) is 54.6 Å². The molecule has 0 radical (unpaired) electrons. The third-order valence-corrected chi connectivity index (χ3v) is 5.83. The van der Waals surface area contributed by atoms with Crippen LogP contribution in [0.15, 0.2) is 66.7 Å². The van der Waals surface area contributed by atoms with Gasteiger partial charge in [0.1, 0.15) is 0 Å². The molecule has 2 N–H and O–H groups in total. The fraction of sp³-hybridized carbons (Fsp3) is 0.154. The summed E-state index contributed by atoms with van der Waals surface area (Å²) >= 11 is 11.8. The standard InChI is InChI=1S/C26H15Cl2F6NO7/c27-16-7-8-18(17(28)11-16)35-21(36)19(41-23(39)12-3-1-5-14(9-12)25(29,30)31)20(22(37)38)42-24(40)13-4-2-6-15(10-13)26(32,33)34/h1-11,19-20H,(H,35,36)(H,37,38)/t19-,20+/m1/s1. The van der Waals surface area contributed by atoms with E-state index in [-0.39, 0.29) is 15.7 Å². The fourth-order valence-corrected chi connectivity index (χ4v) is 3.76. The van der Waals surface area contributed by atoms with Gasteiger partial charge in [-0.1, -0.05) is 35.3 Å². The number of halogens is 8. The Morgan fingerprint density at radius 1 is 0.714 bits per heavy atom. The first-order valence-electron chi connectivity index (χ1n) is 11.2. The number of carbonyl (C=O) groups excluding carboxylic acids is 3. The molecule has 0 unspecified atom stereocenters. The molecule has 42 heavy (non-hydrogen) atoms. The highest BCUT2D eigenvalue weighted by molar-refractivity contribution is 6.36. The summed E-state index contributed by atoms with van der Waals surface area (Å²) in [6.45, 7) is 0. The predicted octanol–water partition coefficient (Wildman–Crippen LogP) is 6.51. The van der Waals surface area contributed by atoms with Crippen LogP contribution in [0, 0.1) is 0 Å². The van der Waals surface area contributed by atoms with Gasteiger partial charge >= 0.3 is 30.3 Å². The van der Waals surface area contributed by atoms with E-state index in [1.165, 1.54) is 18.2 Å². The number of benzene rings is 3. The molecule has 0 aromatic heterocycles. The number of carboxylic acids is 1. The normalized spacial score (nSPS) is 13.0. The first-order valence-corrected chi connectivity index (χ1v) is 12.0. The van der Waals surface area contributed by atoms with Crippen molar-refractivity contribution in [2.45, 2.75) is 24.6 Å². The Kier molecular flexibility index (Phi) is 9.74. The van der Waals surface area contributed by atoms with E-state index < -0.39 is 70.6 Å². The monoisotopic (exact) mass is 637 g/mol. The minimum absolute atomic E-state index is 0.129. The highest BCUT2D eigenvalue weighted by Gasteiger charge is 2.42. The molecule has 1 amide bonds. The van der Waals surface area contributed by atoms with Crippen LogP contribution in [0.25, 0.3) is 0 Å². The largest absolute Gasteiger partial charge is 0.478 e. The van der Waals surface area contributed by atoms with Crippen LogP contribution < -0.4 is 5.32 Å². The maximum Gasteiger partial charge on any atom is 0.416 e. The Balaban J connectivity index is 1.99. The Labute approximate surface area is 241 Å². The van der Waals surface area contributed by atoms with Crippen molar-refractivity contribution in [2.75, 3.05) is 5.32 Å². The first-order chi connectivity index (χ1) is 19.5. The summed E-state index contributed by atoms with van der Waals surface area (Å²) in [6.07, 6.45) is -15.1. The molecule has 0 aliphatic rings. The summed E-state index contributed by atoms with van der Waals surface area (Å²) in [6, 6.07) is 8.93. The molecule has 0 fully saturated rings. The molecular formula is C26H15Cl2F6NO7. The van der Waals surface area contributed by atoms with Gasteiger partial charge in [-0.2, -0.15) is 26.3 Å². The molecule has 0 aliphatic heterocycles. The zero-order valence-electron chi connectivity index (χ0n) is 20.4. The van der Waals surface area contributed by atoms with Gasteiger partial charge in [0.15, 0.2) is 0 Å². The summed E-state index contributed by atoms with van der Waals surface area (Å²) in [5.41, 5.74) is -4.30. The minimum Gasteiger partial charge on any atom is -0.478 e. The van der Waals surface area contributed by atoms with Gasteiger partial charge in [-0.15, -0.1) is 0 Å². The number of esters is 2. The zero-order valence-corrected chi connectivity index (χ0v) is 21.9. The Morgan fingerprint density at radius 2 is 1.19 bits per heavy atom. The predicted molar refractivity (Wildman–Crippen MR) is 134 cm³/mol. The highest BCUT2D eigenvalue weighted by atomic mass is 35.5. The van der Waals surface area contributed by atoms with Crippen LogP contribution >= 0.6 is 23.2 Å². The molecule has 3 aromatic carbocycles. The number of hydrogen-bond acceptors (Lipinski definition) is 6. The van der Waals surface area contributed by atoms with Crippen LogP contribution in [0.3, 0.4) is 0 Å². The van der Waals surface area contributed by atoms with Crippen molar-refractivity contribution in [3.8, 4) is 0 Å². The van der Waals surface area contributed by atoms with Crippen molar-refractivity contribution < 1.29 is 60.1 Å². The number of amides is 1. The van der Waals surface area contributed by atoms with Crippen molar-refractivity contribution in [2.24, 2.45) is 0 Å². The molecule has 222 valence electrons. The van der Waals surface area contributed by atoms with E-state index in [2.05, 4.69) is 5.32 Å². The third kappa shape index (κ3) is 8.13. The number of nitrogens with one attached hydrogen (secondary N) is 1. The SMILES string of the molecule is O=C(O[C@H](C(=O)O)[C@@H](OC(=O)c1cccc(C(F)(F)F)c1)C(=O)Nc1ccc(Cl)cc1Cl)c1cccc(C(F)(F)F)c1. The molecule has 0 bridgehead atoms. The average Bonchev–Trinajstić information content (AvgIpc) is 2.91. The number of anilines is 1. The van der Waals surface area contributed by atoms with Crippen molar-refractivity contribution >= 4 is 52.7 Å². The molecule has 16 heteroatoms. The number of ether oxygens (including phenoxy) is 2. The number of aliphatic carboxylic acids is 1. The second-order valence-corrected chi connectivity index (χ2v) is 9.10. The van der Waals surface area contributed by atoms with Gasteiger partial charge < -0.3 is 19.9 Å². The van der Waals surface area contributed by atoms with Crippen molar-refractivity contribution in [1.29, 1.82) is 0 Å². The molecule has 0 saturated heterocycles. The summed E-state index contributed by atoms with van der Waals surface area (Å²) in [5.74, 6) is -6.88. The smallest absolute Gasteiger partial charge is 0.416 e. The van der Waals surface area contributed by atoms with Crippen LogP contribution in [0.2, 0.25) is 10.0 Å². The van der Waals surface area contributed by atoms with Crippen molar-refractivity contribution in [3.63, 3.8) is 0 Å². The quantitative estimate of drug-likeness (QED) is 0.214. The molecule has 0 aliphatic carbocycles. The second kappa shape index (κ2) is 12.7. The van der Waals surface area contributed by atoms with Gasteiger partial charge in [0, 0.05) is 5.02 Å². The van der Waals surface area contributed by atoms with Crippen molar-refractivity contribution in [3.05, 3.63) is 99.0 Å². The first kappa shape index (κ1) is 32.2. The molecule has 8 nitrogen and oxygen atoms in total. The Morgan fingerprint density at radius 3 is 1.62 bits per heavy atom. The summed E-state index contributed by atoms with van der Waals surface area (Å²) in [7, 11) is 0. The number of alkyl halides is 6. The lowest BCUT2D eigenvalue weighted by Crippen LogP contribution is -2.48. The maximum atomic E-state index is 13.1. The van der Waals surface area contributed by atoms with Gasteiger partial charge in [-0.25, -0.2) is 14.4 Å². The summed E-state index contributed by atoms with van der Waals surface area (Å²) in [4.78, 5) is 50.6. The minimum atomic E-state index is -4.89. The average molecular weight is 638 g/mol. The van der Waals surface area contributed by atoms with Gasteiger partial charge in [0.05, 0.1) is 33.0 Å². The van der Waals surface area contributed by atoms with Gasteiger partial charge in [0.2, 0.25) is 12.2 Å². The summed E-state index contributed by atoms with van der Waals surface area (Å²) in [5, 5.41) is 11.8. The van der Waals surface area contributed by atoms with E-state index in [0.717, 1.165) is 24.3 Å². The van der Waals surface area contributed by atoms with Crippen LogP contribution in [0.1, 0.15) is 31.8 Å². The van der Waals surface area contributed by atoms with Crippen molar-refractivity contribution in [1.82, 2.24) is 0 Å². The molecule has 3 aromatic rings. The maximum absolute atomic E-state index is 13.1. The highest BCUT2D eigenvalue weighted by Crippen LogP contribution is 2.31. The number of hydrogen-bond donors (Lipinski definition) is 2. The van der Waals surface area contributed by atoms with E-state index in [1.807, 2.05) is 0 Å². The lowest BCUT2D eigenvalue weighted by atomic mass is 10.1. The number of carboxylic acid groups (broad SMARTS) is 1. The fourth-order valence-electron chi connectivity index (χ4n) is 3.30. The topological polar surface area (TPSA) is 119 Å². The molecule has 0 saturated carbocycles. The molecule has 3 rings (SSSR count). The van der Waals surface area contributed by atoms with E-state index in [9.17, 15) is 50.6 Å². The molecule has 2 atom stereocenters. The van der Waals surface area contributed by atoms with E-state index >= 15 is 0 Å². The lowest BCUT2D eigenvalue weighted by molar-refractivity contribution is -0.157. The summed E-state index contributed by atoms with van der Waals surface area (Å²) < 4.78 is 88.3. The van der Waals surface area contributed by atoms with Gasteiger partial charge in [-0.3, -0.25) is 4.79 Å². The van der Waals surface area contributed by atoms with Gasteiger partial charge in [0.25, 0.3) is 5.91 Å². The Bertz CT molecular complexity index is 1530. The van der Waals surface area contributed by atoms with Crippen LogP contribution in [-0.4, -0.2) is 41.1 Å². The number of rotatable bonds is 8. The molecular weight excluding hydrogens is 623 g/mol. The van der Waals surface area contributed by atoms with E-state index in [0.29, 0.717) is 24.3 Å².